The average molecular weight is 388 g/mol. The zero-order valence-corrected chi connectivity index (χ0v) is 15.1. The quantitative estimate of drug-likeness (QED) is 0.723. The SMILES string of the molecule is Cc1c(C(=O)N2CC3CC(F)(F)CC3C2)cnn1-c1nn2cccc2c(=O)[nH]1. The van der Waals surface area contributed by atoms with Gasteiger partial charge in [-0.05, 0) is 30.9 Å². The lowest BCUT2D eigenvalue weighted by atomic mass is 10.0. The van der Waals surface area contributed by atoms with Crippen molar-refractivity contribution in [1.29, 1.82) is 0 Å². The van der Waals surface area contributed by atoms with Crippen molar-refractivity contribution in [2.75, 3.05) is 13.1 Å². The fourth-order valence-electron chi connectivity index (χ4n) is 4.45. The Morgan fingerprint density at radius 2 is 2.00 bits per heavy atom. The molecule has 1 saturated heterocycles. The smallest absolute Gasteiger partial charge is 0.276 e. The predicted octanol–water partition coefficient (Wildman–Crippen LogP) is 1.63. The van der Waals surface area contributed by atoms with Gasteiger partial charge in [0.25, 0.3) is 11.5 Å². The Balaban J connectivity index is 1.43. The van der Waals surface area contributed by atoms with Crippen LogP contribution in [0.4, 0.5) is 8.78 Å². The largest absolute Gasteiger partial charge is 0.338 e. The molecule has 2 aliphatic rings. The van der Waals surface area contributed by atoms with E-state index in [1.54, 1.807) is 30.2 Å². The zero-order chi connectivity index (χ0) is 19.6. The van der Waals surface area contributed by atoms with E-state index in [1.165, 1.54) is 15.4 Å². The molecule has 146 valence electrons. The first-order chi connectivity index (χ1) is 13.3. The molecule has 5 rings (SSSR count). The van der Waals surface area contributed by atoms with Crippen LogP contribution in [0.2, 0.25) is 0 Å². The number of likely N-dealkylation sites (tertiary alicyclic amines) is 1. The molecule has 28 heavy (non-hydrogen) atoms. The molecule has 4 heterocycles. The predicted molar refractivity (Wildman–Crippen MR) is 94.7 cm³/mol. The fourth-order valence-corrected chi connectivity index (χ4v) is 4.45. The summed E-state index contributed by atoms with van der Waals surface area (Å²) in [5.41, 5.74) is 1.00. The second-order valence-corrected chi connectivity index (χ2v) is 7.67. The van der Waals surface area contributed by atoms with E-state index in [0.29, 0.717) is 29.9 Å². The number of amides is 1. The first-order valence-corrected chi connectivity index (χ1v) is 9.12. The third-order valence-electron chi connectivity index (χ3n) is 5.81. The summed E-state index contributed by atoms with van der Waals surface area (Å²) in [7, 11) is 0. The summed E-state index contributed by atoms with van der Waals surface area (Å²) in [5, 5.41) is 8.52. The highest BCUT2D eigenvalue weighted by atomic mass is 19.3. The molecular formula is C18H18F2N6O2. The molecule has 1 N–H and O–H groups in total. The number of carbonyl (C=O) groups excluding carboxylic acids is 1. The van der Waals surface area contributed by atoms with Crippen molar-refractivity contribution in [2.24, 2.45) is 11.8 Å². The van der Waals surface area contributed by atoms with E-state index < -0.39 is 5.92 Å². The van der Waals surface area contributed by atoms with Crippen molar-refractivity contribution in [3.05, 3.63) is 46.1 Å². The Labute approximate surface area is 157 Å². The topological polar surface area (TPSA) is 88.3 Å². The molecule has 0 spiro atoms. The maximum Gasteiger partial charge on any atom is 0.276 e. The molecule has 3 aromatic rings. The minimum absolute atomic E-state index is 0.150. The van der Waals surface area contributed by atoms with E-state index in [0.717, 1.165) is 0 Å². The summed E-state index contributed by atoms with van der Waals surface area (Å²) < 4.78 is 29.9. The van der Waals surface area contributed by atoms with Crippen molar-refractivity contribution in [3.63, 3.8) is 0 Å². The van der Waals surface area contributed by atoms with Crippen LogP contribution in [0, 0.1) is 18.8 Å². The van der Waals surface area contributed by atoms with Crippen molar-refractivity contribution < 1.29 is 13.6 Å². The first kappa shape index (κ1) is 17.1. The molecule has 8 nitrogen and oxygen atoms in total. The molecule has 2 fully saturated rings. The summed E-state index contributed by atoms with van der Waals surface area (Å²) in [6.07, 6.45) is 2.78. The average Bonchev–Trinajstić information content (AvgIpc) is 3.36. The lowest BCUT2D eigenvalue weighted by Crippen LogP contribution is -2.31. The van der Waals surface area contributed by atoms with Gasteiger partial charge in [0, 0.05) is 32.1 Å². The van der Waals surface area contributed by atoms with Gasteiger partial charge in [-0.3, -0.25) is 14.6 Å². The van der Waals surface area contributed by atoms with Crippen molar-refractivity contribution >= 4 is 11.4 Å². The monoisotopic (exact) mass is 388 g/mol. The van der Waals surface area contributed by atoms with Crippen molar-refractivity contribution in [2.45, 2.75) is 25.7 Å². The van der Waals surface area contributed by atoms with Crippen LogP contribution in [0.5, 0.6) is 0 Å². The molecule has 1 aliphatic carbocycles. The molecule has 0 aromatic carbocycles. The molecule has 0 bridgehead atoms. The van der Waals surface area contributed by atoms with Gasteiger partial charge in [-0.1, -0.05) is 0 Å². The highest BCUT2D eigenvalue weighted by molar-refractivity contribution is 5.95. The van der Waals surface area contributed by atoms with E-state index in [1.807, 2.05) is 0 Å². The number of halogens is 2. The minimum atomic E-state index is -2.61. The molecule has 2 unspecified atom stereocenters. The van der Waals surface area contributed by atoms with Gasteiger partial charge in [0.1, 0.15) is 5.52 Å². The number of hydrogen-bond acceptors (Lipinski definition) is 4. The summed E-state index contributed by atoms with van der Waals surface area (Å²) in [4.78, 5) is 29.4. The number of alkyl halides is 2. The Kier molecular flexibility index (Phi) is 3.49. The summed E-state index contributed by atoms with van der Waals surface area (Å²) >= 11 is 0. The van der Waals surface area contributed by atoms with Crippen LogP contribution < -0.4 is 5.56 Å². The minimum Gasteiger partial charge on any atom is -0.338 e. The lowest BCUT2D eigenvalue weighted by molar-refractivity contribution is -0.00244. The first-order valence-electron chi connectivity index (χ1n) is 9.12. The normalized spacial score (nSPS) is 23.5. The zero-order valence-electron chi connectivity index (χ0n) is 15.1. The molecule has 2 atom stereocenters. The molecule has 1 amide bonds. The Morgan fingerprint density at radius 1 is 1.29 bits per heavy atom. The van der Waals surface area contributed by atoms with Crippen LogP contribution in [0.25, 0.3) is 11.5 Å². The lowest BCUT2D eigenvalue weighted by Gasteiger charge is -2.19. The van der Waals surface area contributed by atoms with Gasteiger partial charge in [0.15, 0.2) is 0 Å². The van der Waals surface area contributed by atoms with Gasteiger partial charge >= 0.3 is 0 Å². The van der Waals surface area contributed by atoms with Gasteiger partial charge in [-0.2, -0.15) is 5.10 Å². The van der Waals surface area contributed by atoms with Crippen LogP contribution in [-0.2, 0) is 0 Å². The van der Waals surface area contributed by atoms with E-state index in [4.69, 9.17) is 0 Å². The van der Waals surface area contributed by atoms with Gasteiger partial charge < -0.3 is 4.90 Å². The van der Waals surface area contributed by atoms with E-state index in [-0.39, 0.29) is 42.1 Å². The standard InChI is InChI=1S/C18H18F2N6O2/c1-10-13(16(28)24-8-11-5-18(19,20)6-12(11)9-24)7-21-26(10)17-22-15(27)14-3-2-4-25(14)23-17/h2-4,7,11-12H,5-6,8-9H2,1H3,(H,22,23,27). The number of nitrogens with zero attached hydrogens (tertiary/aromatic N) is 5. The molecule has 3 aromatic heterocycles. The van der Waals surface area contributed by atoms with E-state index in [2.05, 4.69) is 15.2 Å². The number of fused-ring (bicyclic) bond motifs is 2. The van der Waals surface area contributed by atoms with Crippen LogP contribution >= 0.6 is 0 Å². The number of nitrogens with one attached hydrogen (secondary N) is 1. The van der Waals surface area contributed by atoms with Crippen LogP contribution in [0.1, 0.15) is 28.9 Å². The summed E-state index contributed by atoms with van der Waals surface area (Å²) in [6, 6.07) is 3.36. The number of rotatable bonds is 2. The van der Waals surface area contributed by atoms with Crippen molar-refractivity contribution in [3.8, 4) is 5.95 Å². The molecule has 0 radical (unpaired) electrons. The fraction of sp³-hybridized carbons (Fsp3) is 0.444. The molecule has 10 heteroatoms. The number of carbonyl (C=O) groups is 1. The Hall–Kier alpha value is -3.04. The number of aromatic amines is 1. The molecule has 1 aliphatic heterocycles. The third-order valence-corrected chi connectivity index (χ3v) is 5.81. The number of hydrogen-bond donors (Lipinski definition) is 1. The van der Waals surface area contributed by atoms with Crippen LogP contribution in [-0.4, -0.2) is 54.2 Å². The van der Waals surface area contributed by atoms with Crippen LogP contribution in [0.3, 0.4) is 0 Å². The van der Waals surface area contributed by atoms with Gasteiger partial charge in [-0.25, -0.2) is 18.0 Å². The second kappa shape index (κ2) is 5.73. The summed E-state index contributed by atoms with van der Waals surface area (Å²) in [6.45, 7) is 2.40. The highest BCUT2D eigenvalue weighted by Gasteiger charge is 2.51. The summed E-state index contributed by atoms with van der Waals surface area (Å²) in [5.74, 6) is -2.94. The van der Waals surface area contributed by atoms with Gasteiger partial charge in [0.05, 0.1) is 17.5 Å². The van der Waals surface area contributed by atoms with Gasteiger partial charge in [-0.15, -0.1) is 5.10 Å². The van der Waals surface area contributed by atoms with E-state index in [9.17, 15) is 18.4 Å². The maximum atomic E-state index is 13.5. The van der Waals surface area contributed by atoms with E-state index >= 15 is 0 Å². The number of H-pyrrole nitrogens is 1. The second-order valence-electron chi connectivity index (χ2n) is 7.67. The highest BCUT2D eigenvalue weighted by Crippen LogP contribution is 2.47. The number of aromatic nitrogens is 5. The van der Waals surface area contributed by atoms with Crippen molar-refractivity contribution in [1.82, 2.24) is 29.3 Å². The third kappa shape index (κ3) is 2.54. The Morgan fingerprint density at radius 3 is 2.71 bits per heavy atom. The maximum absolute atomic E-state index is 13.5. The molecule has 1 saturated carbocycles. The Bertz CT molecular complexity index is 1130. The van der Waals surface area contributed by atoms with Gasteiger partial charge in [0.2, 0.25) is 11.9 Å². The van der Waals surface area contributed by atoms with Crippen LogP contribution in [0.15, 0.2) is 29.3 Å². The molecular weight excluding hydrogens is 370 g/mol.